The van der Waals surface area contributed by atoms with Crippen molar-refractivity contribution >= 4 is 11.6 Å². The monoisotopic (exact) mass is 234 g/mol. The van der Waals surface area contributed by atoms with Gasteiger partial charge in [-0.15, -0.1) is 0 Å². The first-order valence-electron chi connectivity index (χ1n) is 5.83. The van der Waals surface area contributed by atoms with Crippen LogP contribution in [0.4, 0.5) is 5.69 Å². The number of nitrogens with one attached hydrogen (secondary N) is 1. The van der Waals surface area contributed by atoms with Crippen LogP contribution in [0.15, 0.2) is 12.1 Å². The Balaban J connectivity index is 2.29. The van der Waals surface area contributed by atoms with E-state index in [1.54, 1.807) is 14.0 Å². The summed E-state index contributed by atoms with van der Waals surface area (Å²) in [6.45, 7) is 1.55. The van der Waals surface area contributed by atoms with Gasteiger partial charge in [0.2, 0.25) is 5.91 Å². The first-order chi connectivity index (χ1) is 8.11. The van der Waals surface area contributed by atoms with E-state index < -0.39 is 0 Å². The number of hydrogen-bond acceptors (Lipinski definition) is 3. The van der Waals surface area contributed by atoms with Crippen molar-refractivity contribution in [3.8, 4) is 5.75 Å². The molecule has 0 spiro atoms. The number of anilines is 1. The molecule has 1 atom stereocenters. The van der Waals surface area contributed by atoms with Crippen LogP contribution in [0, 0.1) is 0 Å². The van der Waals surface area contributed by atoms with Gasteiger partial charge in [0, 0.05) is 24.2 Å². The van der Waals surface area contributed by atoms with Crippen molar-refractivity contribution in [2.24, 2.45) is 0 Å². The molecule has 0 bridgehead atoms. The number of nitrogens with two attached hydrogens (primary N) is 1. The average Bonchev–Trinajstić information content (AvgIpc) is 2.29. The van der Waals surface area contributed by atoms with Crippen molar-refractivity contribution in [2.75, 3.05) is 12.8 Å². The summed E-state index contributed by atoms with van der Waals surface area (Å²) in [5.74, 6) is 0.880. The first-order valence-corrected chi connectivity index (χ1v) is 5.83. The highest BCUT2D eigenvalue weighted by molar-refractivity contribution is 5.73. The number of fused-ring (bicyclic) bond motifs is 1. The van der Waals surface area contributed by atoms with Crippen molar-refractivity contribution in [3.05, 3.63) is 23.3 Å². The highest BCUT2D eigenvalue weighted by Gasteiger charge is 2.23. The lowest BCUT2D eigenvalue weighted by molar-refractivity contribution is -0.119. The smallest absolute Gasteiger partial charge is 0.217 e. The Bertz CT molecular complexity index is 443. The summed E-state index contributed by atoms with van der Waals surface area (Å²) in [6.07, 6.45) is 2.62. The standard InChI is InChI=1S/C13H18N2O2/c1-8(16)15-9-3-4-10-11(7-9)13(17-2)6-5-12(10)14/h5-6,9H,3-4,7,14H2,1-2H3,(H,15,16)/t9-/m1/s1. The highest BCUT2D eigenvalue weighted by atomic mass is 16.5. The second-order valence-electron chi connectivity index (χ2n) is 4.45. The SMILES string of the molecule is COc1ccc(N)c2c1C[C@H](NC(C)=O)CC2. The Kier molecular flexibility index (Phi) is 3.22. The molecule has 17 heavy (non-hydrogen) atoms. The molecule has 1 aliphatic carbocycles. The molecule has 1 aromatic rings. The van der Waals surface area contributed by atoms with Crippen molar-refractivity contribution in [1.82, 2.24) is 5.32 Å². The van der Waals surface area contributed by atoms with Crippen LogP contribution in [0.25, 0.3) is 0 Å². The van der Waals surface area contributed by atoms with E-state index in [0.29, 0.717) is 0 Å². The van der Waals surface area contributed by atoms with Gasteiger partial charge in [-0.3, -0.25) is 4.79 Å². The largest absolute Gasteiger partial charge is 0.496 e. The Morgan fingerprint density at radius 2 is 2.24 bits per heavy atom. The van der Waals surface area contributed by atoms with Gasteiger partial charge in [0.1, 0.15) is 5.75 Å². The molecule has 92 valence electrons. The zero-order valence-electron chi connectivity index (χ0n) is 10.2. The fourth-order valence-corrected chi connectivity index (χ4v) is 2.48. The van der Waals surface area contributed by atoms with Gasteiger partial charge in [0.25, 0.3) is 0 Å². The van der Waals surface area contributed by atoms with Crippen LogP contribution in [-0.2, 0) is 17.6 Å². The molecular weight excluding hydrogens is 216 g/mol. The molecule has 0 heterocycles. The lowest BCUT2D eigenvalue weighted by Crippen LogP contribution is -2.37. The van der Waals surface area contributed by atoms with Crippen LogP contribution in [-0.4, -0.2) is 19.1 Å². The molecular formula is C13H18N2O2. The second-order valence-corrected chi connectivity index (χ2v) is 4.45. The molecule has 0 unspecified atom stereocenters. The number of carbonyl (C=O) groups excluding carboxylic acids is 1. The van der Waals surface area contributed by atoms with E-state index >= 15 is 0 Å². The number of carbonyl (C=O) groups is 1. The van der Waals surface area contributed by atoms with Crippen LogP contribution < -0.4 is 15.8 Å². The molecule has 4 nitrogen and oxygen atoms in total. The summed E-state index contributed by atoms with van der Waals surface area (Å²) in [7, 11) is 1.66. The van der Waals surface area contributed by atoms with E-state index in [1.165, 1.54) is 5.56 Å². The Morgan fingerprint density at radius 1 is 1.47 bits per heavy atom. The molecule has 1 aliphatic rings. The normalized spacial score (nSPS) is 18.4. The summed E-state index contributed by atoms with van der Waals surface area (Å²) in [4.78, 5) is 11.1. The van der Waals surface area contributed by atoms with Gasteiger partial charge in [-0.1, -0.05) is 0 Å². The number of benzene rings is 1. The molecule has 0 saturated carbocycles. The third kappa shape index (κ3) is 2.35. The summed E-state index contributed by atoms with van der Waals surface area (Å²) >= 11 is 0. The summed E-state index contributed by atoms with van der Waals surface area (Å²) in [5.41, 5.74) is 9.10. The van der Waals surface area contributed by atoms with Gasteiger partial charge >= 0.3 is 0 Å². The van der Waals surface area contributed by atoms with Crippen LogP contribution in [0.5, 0.6) is 5.75 Å². The van der Waals surface area contributed by atoms with Gasteiger partial charge in [-0.25, -0.2) is 0 Å². The number of ether oxygens (including phenoxy) is 1. The maximum atomic E-state index is 11.1. The molecule has 0 radical (unpaired) electrons. The topological polar surface area (TPSA) is 64.3 Å². The minimum Gasteiger partial charge on any atom is -0.496 e. The van der Waals surface area contributed by atoms with E-state index in [1.807, 2.05) is 12.1 Å². The molecule has 0 aromatic heterocycles. The molecule has 0 saturated heterocycles. The average molecular weight is 234 g/mol. The van der Waals surface area contributed by atoms with Gasteiger partial charge < -0.3 is 15.8 Å². The molecule has 1 amide bonds. The predicted octanol–water partition coefficient (Wildman–Crippen LogP) is 1.27. The Morgan fingerprint density at radius 3 is 2.88 bits per heavy atom. The highest BCUT2D eigenvalue weighted by Crippen LogP contribution is 2.33. The van der Waals surface area contributed by atoms with Crippen molar-refractivity contribution in [1.29, 1.82) is 0 Å². The predicted molar refractivity (Wildman–Crippen MR) is 67.0 cm³/mol. The van der Waals surface area contributed by atoms with Crippen LogP contribution in [0.1, 0.15) is 24.5 Å². The fraction of sp³-hybridized carbons (Fsp3) is 0.462. The van der Waals surface area contributed by atoms with Gasteiger partial charge in [-0.2, -0.15) is 0 Å². The summed E-state index contributed by atoms with van der Waals surface area (Å²) < 4.78 is 5.35. The first kappa shape index (κ1) is 11.8. The van der Waals surface area contributed by atoms with Gasteiger partial charge in [0.15, 0.2) is 0 Å². The van der Waals surface area contributed by atoms with E-state index in [-0.39, 0.29) is 11.9 Å². The Labute approximate surface area is 101 Å². The number of rotatable bonds is 2. The minimum absolute atomic E-state index is 0.0151. The third-order valence-electron chi connectivity index (χ3n) is 3.25. The quantitative estimate of drug-likeness (QED) is 0.757. The molecule has 4 heteroatoms. The minimum atomic E-state index is 0.0151. The van der Waals surface area contributed by atoms with Crippen LogP contribution in [0.2, 0.25) is 0 Å². The maximum Gasteiger partial charge on any atom is 0.217 e. The summed E-state index contributed by atoms with van der Waals surface area (Å²) in [6, 6.07) is 3.97. The number of methoxy groups -OCH3 is 1. The lowest BCUT2D eigenvalue weighted by Gasteiger charge is -2.27. The summed E-state index contributed by atoms with van der Waals surface area (Å²) in [5, 5.41) is 2.96. The fourth-order valence-electron chi connectivity index (χ4n) is 2.48. The number of hydrogen-bond donors (Lipinski definition) is 2. The zero-order valence-corrected chi connectivity index (χ0v) is 10.2. The van der Waals surface area contributed by atoms with Crippen LogP contribution >= 0.6 is 0 Å². The number of amides is 1. The zero-order chi connectivity index (χ0) is 12.4. The van der Waals surface area contributed by atoms with E-state index in [4.69, 9.17) is 10.5 Å². The van der Waals surface area contributed by atoms with Crippen LogP contribution in [0.3, 0.4) is 0 Å². The van der Waals surface area contributed by atoms with Crippen molar-refractivity contribution in [2.45, 2.75) is 32.2 Å². The second kappa shape index (κ2) is 4.65. The molecule has 2 rings (SSSR count). The number of nitrogen functional groups attached to an aromatic ring is 1. The molecule has 0 aliphatic heterocycles. The van der Waals surface area contributed by atoms with E-state index in [2.05, 4.69) is 5.32 Å². The Hall–Kier alpha value is -1.71. The molecule has 0 fully saturated rings. The molecule has 3 N–H and O–H groups in total. The lowest BCUT2D eigenvalue weighted by atomic mass is 9.86. The van der Waals surface area contributed by atoms with E-state index in [0.717, 1.165) is 36.3 Å². The molecule has 1 aromatic carbocycles. The maximum absolute atomic E-state index is 11.1. The third-order valence-corrected chi connectivity index (χ3v) is 3.25. The van der Waals surface area contributed by atoms with Gasteiger partial charge in [-0.05, 0) is 37.0 Å². The van der Waals surface area contributed by atoms with Crippen molar-refractivity contribution in [3.63, 3.8) is 0 Å². The van der Waals surface area contributed by atoms with Gasteiger partial charge in [0.05, 0.1) is 7.11 Å². The van der Waals surface area contributed by atoms with E-state index in [9.17, 15) is 4.79 Å². The van der Waals surface area contributed by atoms with Crippen molar-refractivity contribution < 1.29 is 9.53 Å².